The number of benzene rings is 1. The van der Waals surface area contributed by atoms with Gasteiger partial charge in [-0.3, -0.25) is 28.8 Å². The van der Waals surface area contributed by atoms with Crippen LogP contribution >= 0.6 is 0 Å². The second-order valence-corrected chi connectivity index (χ2v) is 27.9. The van der Waals surface area contributed by atoms with E-state index in [4.69, 9.17) is 18.9 Å². The minimum atomic E-state index is -1.14. The number of carbonyl (C=O) groups is 7. The van der Waals surface area contributed by atoms with Crippen molar-refractivity contribution in [1.29, 1.82) is 0 Å². The first-order valence-corrected chi connectivity index (χ1v) is 32.3. The summed E-state index contributed by atoms with van der Waals surface area (Å²) in [5, 5.41) is 30.0. The summed E-state index contributed by atoms with van der Waals surface area (Å²) in [4.78, 5) is 96.1. The maximum atomic E-state index is 14.6. The second kappa shape index (κ2) is 33.5. The van der Waals surface area contributed by atoms with Gasteiger partial charge in [-0.2, -0.15) is 0 Å². The molecule has 0 radical (unpaired) electrons. The molecular weight excluding hydrogens is 1090 g/mol. The summed E-state index contributed by atoms with van der Waals surface area (Å²) < 4.78 is 24.3. The summed E-state index contributed by atoms with van der Waals surface area (Å²) in [5.74, 6) is -2.79. The average molecular weight is 1210 g/mol. The Morgan fingerprint density at radius 1 is 0.744 bits per heavy atom. The maximum Gasteiger partial charge on any atom is 0.407 e. The minimum Gasteiger partial charge on any atom is -0.443 e. The molecule has 7 unspecified atom stereocenters. The number of ether oxygens (including phenoxy) is 4. The molecule has 1 saturated carbocycles. The van der Waals surface area contributed by atoms with Gasteiger partial charge in [0, 0.05) is 38.6 Å². The van der Waals surface area contributed by atoms with Crippen molar-refractivity contribution in [2.75, 3.05) is 46.4 Å². The SMILES string of the molecule is CCC(C)(C)CC(C)(CC(C)(C(=O)NCC(=O)N[C@@H](Cc1ccccc1)C(=O)N[C@@H](CC(C)C)C(=O)NCC(=O)NCCCCCCCCCCNC(=O)OC1CC[C@]2(CO2)C(C2(C)O[C@@H]2CC=C(C)C)C1OC)C(C)(C)CC)C(=O)NCC(C)O. The summed E-state index contributed by atoms with van der Waals surface area (Å²) in [5.41, 5.74) is -1.68. The van der Waals surface area contributed by atoms with Crippen molar-refractivity contribution >= 4 is 41.5 Å². The average Bonchev–Trinajstić information content (AvgIpc) is 1.60. The maximum absolute atomic E-state index is 14.6. The van der Waals surface area contributed by atoms with Crippen LogP contribution in [0.25, 0.3) is 0 Å². The van der Waals surface area contributed by atoms with Crippen LogP contribution in [0.15, 0.2) is 42.0 Å². The molecule has 7 amide bonds. The Bertz CT molecular complexity index is 2390. The summed E-state index contributed by atoms with van der Waals surface area (Å²) in [6.07, 6.45) is 12.9. The fourth-order valence-corrected chi connectivity index (χ4v) is 12.6. The highest BCUT2D eigenvalue weighted by atomic mass is 16.6. The fraction of sp³-hybridized carbons (Fsp3) is 0.776. The van der Waals surface area contributed by atoms with Crippen LogP contribution < -0.4 is 37.2 Å². The van der Waals surface area contributed by atoms with E-state index in [1.165, 1.54) is 5.57 Å². The van der Waals surface area contributed by atoms with E-state index >= 15 is 0 Å². The molecule has 0 aromatic heterocycles. The van der Waals surface area contributed by atoms with E-state index in [0.29, 0.717) is 39.0 Å². The zero-order valence-corrected chi connectivity index (χ0v) is 55.3. The minimum absolute atomic E-state index is 0.0128. The number of hydrogen-bond acceptors (Lipinski definition) is 12. The topological polar surface area (TPSA) is 267 Å². The Kier molecular flexibility index (Phi) is 28.5. The Balaban J connectivity index is 1.19. The molecule has 19 nitrogen and oxygen atoms in total. The third-order valence-electron chi connectivity index (χ3n) is 18.9. The van der Waals surface area contributed by atoms with Crippen LogP contribution in [-0.2, 0) is 54.1 Å². The molecule has 8 N–H and O–H groups in total. The molecule has 2 aliphatic heterocycles. The van der Waals surface area contributed by atoms with E-state index in [2.05, 4.69) is 84.8 Å². The lowest BCUT2D eigenvalue weighted by Gasteiger charge is -2.48. The van der Waals surface area contributed by atoms with Gasteiger partial charge in [0.15, 0.2) is 0 Å². The largest absolute Gasteiger partial charge is 0.443 e. The molecule has 2 heterocycles. The molecule has 488 valence electrons. The lowest BCUT2D eigenvalue weighted by molar-refractivity contribution is -0.147. The molecule has 3 aliphatic rings. The molecule has 1 aliphatic carbocycles. The van der Waals surface area contributed by atoms with E-state index in [1.54, 1.807) is 14.0 Å². The third kappa shape index (κ3) is 22.2. The van der Waals surface area contributed by atoms with Crippen LogP contribution in [0.2, 0.25) is 0 Å². The van der Waals surface area contributed by atoms with E-state index in [0.717, 1.165) is 76.2 Å². The monoisotopic (exact) mass is 1210 g/mol. The highest BCUT2D eigenvalue weighted by molar-refractivity contribution is 5.95. The van der Waals surface area contributed by atoms with Crippen molar-refractivity contribution in [2.24, 2.45) is 33.5 Å². The van der Waals surface area contributed by atoms with E-state index in [-0.39, 0.29) is 85.3 Å². The normalized spacial score (nSPS) is 23.3. The first-order valence-electron chi connectivity index (χ1n) is 32.3. The number of aliphatic hydroxyl groups excluding tert-OH is 1. The van der Waals surface area contributed by atoms with Crippen LogP contribution in [0.1, 0.15) is 205 Å². The molecule has 0 bridgehead atoms. The van der Waals surface area contributed by atoms with Gasteiger partial charge in [-0.05, 0) is 108 Å². The Labute approximate surface area is 515 Å². The van der Waals surface area contributed by atoms with Gasteiger partial charge in [0.25, 0.3) is 0 Å². The van der Waals surface area contributed by atoms with Gasteiger partial charge in [0.1, 0.15) is 35.5 Å². The summed E-state index contributed by atoms with van der Waals surface area (Å²) >= 11 is 0. The number of epoxide rings is 2. The Morgan fingerprint density at radius 2 is 1.35 bits per heavy atom. The lowest BCUT2D eigenvalue weighted by Crippen LogP contribution is -2.57. The molecule has 11 atom stereocenters. The standard InChI is InChI=1S/C67H113N7O12/c1-16-62(8,9)42-64(12,59(80)71-39-47(7)75)43-65(13,63(10,11)17-2)60(81)72-41-54(77)73-50(38-48-29-25-24-26-30-48)58(79)74-49(37-46(5)6)57(78)70-40-53(76)68-35-27-22-20-18-19-21-23-28-36-69-61(82)85-51-33-34-67(44-84-67)56(55(51)83-15)66(14)52(86-66)32-31-45(3)4/h24-26,29-31,46-47,49-52,55-56,75H,16-23,27-28,32-44H2,1-15H3,(H,68,76)(H,69,82)(H,70,78)(H,71,80)(H,72,81)(H,73,77)(H,74,79)/t47?,49-,50-,51?,52+,55?,56?,64?,65?,66?,67-/m0/s1. The van der Waals surface area contributed by atoms with Gasteiger partial charge in [-0.25, -0.2) is 4.79 Å². The molecule has 1 spiro atoms. The highest BCUT2D eigenvalue weighted by Crippen LogP contribution is 2.60. The first-order chi connectivity index (χ1) is 40.4. The molecule has 1 aromatic carbocycles. The second-order valence-electron chi connectivity index (χ2n) is 27.9. The molecule has 4 rings (SSSR count). The van der Waals surface area contributed by atoms with Crippen LogP contribution in [0.3, 0.4) is 0 Å². The molecule has 3 fully saturated rings. The van der Waals surface area contributed by atoms with Gasteiger partial charge < -0.3 is 61.3 Å². The van der Waals surface area contributed by atoms with Crippen molar-refractivity contribution in [3.05, 3.63) is 47.5 Å². The number of methoxy groups -OCH3 is 1. The first kappa shape index (κ1) is 73.4. The summed E-state index contributed by atoms with van der Waals surface area (Å²) in [6.45, 7) is 28.7. The van der Waals surface area contributed by atoms with Gasteiger partial charge in [-0.15, -0.1) is 0 Å². The van der Waals surface area contributed by atoms with Crippen molar-refractivity contribution in [3.63, 3.8) is 0 Å². The van der Waals surface area contributed by atoms with Crippen molar-refractivity contribution in [2.45, 2.75) is 254 Å². The number of amides is 7. The zero-order valence-electron chi connectivity index (χ0n) is 55.3. The number of hydrogen-bond donors (Lipinski definition) is 8. The number of allylic oxidation sites excluding steroid dienone is 1. The van der Waals surface area contributed by atoms with Crippen LogP contribution in [0, 0.1) is 33.5 Å². The molecule has 86 heavy (non-hydrogen) atoms. The molecular formula is C67H113N7O12. The smallest absolute Gasteiger partial charge is 0.407 e. The predicted octanol–water partition coefficient (Wildman–Crippen LogP) is 8.68. The number of nitrogens with one attached hydrogen (secondary N) is 7. The van der Waals surface area contributed by atoms with Gasteiger partial charge in [0.2, 0.25) is 35.4 Å². The molecule has 19 heteroatoms. The number of alkyl carbamates (subject to hydrolysis) is 1. The van der Waals surface area contributed by atoms with E-state index in [9.17, 15) is 38.7 Å². The van der Waals surface area contributed by atoms with Crippen LogP contribution in [0.4, 0.5) is 4.79 Å². The van der Waals surface area contributed by atoms with Crippen molar-refractivity contribution < 1.29 is 57.6 Å². The van der Waals surface area contributed by atoms with E-state index in [1.807, 2.05) is 78.8 Å². The highest BCUT2D eigenvalue weighted by Gasteiger charge is 2.72. The van der Waals surface area contributed by atoms with Gasteiger partial charge >= 0.3 is 6.09 Å². The van der Waals surface area contributed by atoms with Gasteiger partial charge in [0.05, 0.1) is 43.2 Å². The quantitative estimate of drug-likeness (QED) is 0.0175. The lowest BCUT2D eigenvalue weighted by atomic mass is 9.56. The van der Waals surface area contributed by atoms with Crippen molar-refractivity contribution in [1.82, 2.24) is 37.2 Å². The van der Waals surface area contributed by atoms with Crippen LogP contribution in [0.5, 0.6) is 0 Å². The van der Waals surface area contributed by atoms with Crippen molar-refractivity contribution in [3.8, 4) is 0 Å². The summed E-state index contributed by atoms with van der Waals surface area (Å²) in [7, 11) is 1.68. The third-order valence-corrected chi connectivity index (χ3v) is 18.9. The van der Waals surface area contributed by atoms with Gasteiger partial charge in [-0.1, -0.05) is 156 Å². The number of rotatable bonds is 39. The van der Waals surface area contributed by atoms with Crippen LogP contribution in [-0.4, -0.2) is 141 Å². The summed E-state index contributed by atoms with van der Waals surface area (Å²) in [6, 6.07) is 7.02. The number of unbranched alkanes of at least 4 members (excludes halogenated alkanes) is 7. The Morgan fingerprint density at radius 3 is 1.91 bits per heavy atom. The van der Waals surface area contributed by atoms with E-state index < -0.39 is 76.3 Å². The molecule has 2 saturated heterocycles. The number of aliphatic hydroxyl groups is 1. The Hall–Kier alpha value is -5.11. The molecule has 1 aromatic rings. The zero-order chi connectivity index (χ0) is 64.1. The predicted molar refractivity (Wildman–Crippen MR) is 336 cm³/mol. The number of carbonyl (C=O) groups excluding carboxylic acids is 7. The fourth-order valence-electron chi connectivity index (χ4n) is 12.6.